The van der Waals surface area contributed by atoms with Gasteiger partial charge in [-0.05, 0) is 23.8 Å². The van der Waals surface area contributed by atoms with E-state index in [2.05, 4.69) is 45.9 Å². The number of rotatable bonds is 4. The van der Waals surface area contributed by atoms with Gasteiger partial charge in [-0.2, -0.15) is 0 Å². The zero-order valence-corrected chi connectivity index (χ0v) is 9.30. The van der Waals surface area contributed by atoms with Crippen LogP contribution >= 0.6 is 0 Å². The molecule has 0 aromatic carbocycles. The summed E-state index contributed by atoms with van der Waals surface area (Å²) >= 11 is 0. The second-order valence-electron chi connectivity index (χ2n) is 4.10. The Kier molecular flexibility index (Phi) is 3.77. The molecule has 0 amide bonds. The lowest BCUT2D eigenvalue weighted by atomic mass is 9.92. The van der Waals surface area contributed by atoms with Gasteiger partial charge in [0, 0.05) is 5.92 Å². The van der Waals surface area contributed by atoms with Gasteiger partial charge in [0.1, 0.15) is 0 Å². The summed E-state index contributed by atoms with van der Waals surface area (Å²) in [6.07, 6.45) is 9.43. The molecule has 0 fully saturated rings. The van der Waals surface area contributed by atoms with Crippen molar-refractivity contribution in [2.24, 2.45) is 11.8 Å². The van der Waals surface area contributed by atoms with Crippen LogP contribution in [0.15, 0.2) is 23.8 Å². The standard InChI is InChI=1S/C13H21/c1-5-10(3)12-7-8-13(9-12)11(4)6-2/h7-11H,5-6H2,1-4H3. The van der Waals surface area contributed by atoms with Gasteiger partial charge >= 0.3 is 0 Å². The van der Waals surface area contributed by atoms with E-state index in [0.717, 1.165) is 11.8 Å². The normalized spacial score (nSPS) is 21.7. The van der Waals surface area contributed by atoms with Crippen LogP contribution in [0, 0.1) is 17.8 Å². The van der Waals surface area contributed by atoms with Crippen LogP contribution in [0.4, 0.5) is 0 Å². The van der Waals surface area contributed by atoms with E-state index in [-0.39, 0.29) is 0 Å². The van der Waals surface area contributed by atoms with Crippen LogP contribution in [-0.4, -0.2) is 0 Å². The molecule has 0 N–H and O–H groups in total. The van der Waals surface area contributed by atoms with Crippen molar-refractivity contribution >= 4 is 0 Å². The van der Waals surface area contributed by atoms with Gasteiger partial charge in [0.2, 0.25) is 0 Å². The molecule has 0 aromatic heterocycles. The van der Waals surface area contributed by atoms with Crippen LogP contribution < -0.4 is 0 Å². The van der Waals surface area contributed by atoms with E-state index in [0.29, 0.717) is 0 Å². The van der Waals surface area contributed by atoms with Crippen molar-refractivity contribution in [1.82, 2.24) is 0 Å². The molecular weight excluding hydrogens is 156 g/mol. The first kappa shape index (κ1) is 10.6. The first-order chi connectivity index (χ1) is 6.19. The highest BCUT2D eigenvalue weighted by Crippen LogP contribution is 2.31. The fourth-order valence-corrected chi connectivity index (χ4v) is 1.57. The average Bonchev–Trinajstić information content (AvgIpc) is 2.64. The molecule has 0 spiro atoms. The van der Waals surface area contributed by atoms with Crippen molar-refractivity contribution in [3.63, 3.8) is 0 Å². The third-order valence-electron chi connectivity index (χ3n) is 3.16. The SMILES string of the molecule is CCC(C)[C]1C=CC(C(C)CC)=C1. The minimum Gasteiger partial charge on any atom is -0.0728 e. The summed E-state index contributed by atoms with van der Waals surface area (Å²) in [5, 5.41) is 0. The van der Waals surface area contributed by atoms with Gasteiger partial charge in [0.05, 0.1) is 0 Å². The van der Waals surface area contributed by atoms with Crippen molar-refractivity contribution in [2.75, 3.05) is 0 Å². The Labute approximate surface area is 82.7 Å². The smallest absolute Gasteiger partial charge is 0.0224 e. The van der Waals surface area contributed by atoms with Crippen LogP contribution in [0.2, 0.25) is 0 Å². The molecule has 0 saturated carbocycles. The fourth-order valence-electron chi connectivity index (χ4n) is 1.57. The number of hydrogen-bond acceptors (Lipinski definition) is 0. The van der Waals surface area contributed by atoms with E-state index in [4.69, 9.17) is 0 Å². The largest absolute Gasteiger partial charge is 0.0728 e. The van der Waals surface area contributed by atoms with E-state index < -0.39 is 0 Å². The molecule has 1 aliphatic carbocycles. The van der Waals surface area contributed by atoms with E-state index in [1.807, 2.05) is 0 Å². The van der Waals surface area contributed by atoms with Crippen LogP contribution in [0.5, 0.6) is 0 Å². The van der Waals surface area contributed by atoms with E-state index in [9.17, 15) is 0 Å². The highest BCUT2D eigenvalue weighted by molar-refractivity contribution is 5.42. The highest BCUT2D eigenvalue weighted by atomic mass is 14.2. The minimum absolute atomic E-state index is 0.720. The molecule has 1 aliphatic rings. The number of allylic oxidation sites excluding steroid dienone is 4. The predicted octanol–water partition coefficient (Wildman–Crippen LogP) is 4.15. The van der Waals surface area contributed by atoms with Gasteiger partial charge < -0.3 is 0 Å². The zero-order valence-electron chi connectivity index (χ0n) is 9.30. The maximum atomic E-state index is 2.38. The fraction of sp³-hybridized carbons (Fsp3) is 0.615. The van der Waals surface area contributed by atoms with Crippen LogP contribution in [0.1, 0.15) is 40.5 Å². The highest BCUT2D eigenvalue weighted by Gasteiger charge is 2.17. The van der Waals surface area contributed by atoms with Crippen molar-refractivity contribution < 1.29 is 0 Å². The van der Waals surface area contributed by atoms with Crippen molar-refractivity contribution in [2.45, 2.75) is 40.5 Å². The molecule has 0 saturated heterocycles. The quantitative estimate of drug-likeness (QED) is 0.605. The summed E-state index contributed by atoms with van der Waals surface area (Å²) in [6.45, 7) is 9.10. The first-order valence-corrected chi connectivity index (χ1v) is 5.45. The Morgan fingerprint density at radius 1 is 1.00 bits per heavy atom. The Morgan fingerprint density at radius 2 is 1.62 bits per heavy atom. The Bertz CT molecular complexity index is 210. The third-order valence-corrected chi connectivity index (χ3v) is 3.16. The molecule has 0 aromatic rings. The maximum Gasteiger partial charge on any atom is 0.0224 e. The minimum atomic E-state index is 0.720. The lowest BCUT2D eigenvalue weighted by Crippen LogP contribution is -2.01. The maximum absolute atomic E-state index is 2.38. The molecule has 13 heavy (non-hydrogen) atoms. The summed E-state index contributed by atoms with van der Waals surface area (Å²) in [5.41, 5.74) is 1.51. The first-order valence-electron chi connectivity index (χ1n) is 5.45. The van der Waals surface area contributed by atoms with Gasteiger partial charge in [0.15, 0.2) is 0 Å². The van der Waals surface area contributed by atoms with Gasteiger partial charge in [-0.15, -0.1) is 0 Å². The summed E-state index contributed by atoms with van der Waals surface area (Å²) in [7, 11) is 0. The summed E-state index contributed by atoms with van der Waals surface area (Å²) < 4.78 is 0. The molecule has 1 radical (unpaired) electrons. The second-order valence-corrected chi connectivity index (χ2v) is 4.10. The van der Waals surface area contributed by atoms with Gasteiger partial charge in [-0.3, -0.25) is 0 Å². The lowest BCUT2D eigenvalue weighted by Gasteiger charge is -2.12. The van der Waals surface area contributed by atoms with Crippen molar-refractivity contribution in [3.8, 4) is 0 Å². The van der Waals surface area contributed by atoms with Gasteiger partial charge in [-0.1, -0.05) is 52.3 Å². The second kappa shape index (κ2) is 4.64. The Hall–Kier alpha value is -0.520. The van der Waals surface area contributed by atoms with Crippen molar-refractivity contribution in [3.05, 3.63) is 29.7 Å². The predicted molar refractivity (Wildman–Crippen MR) is 59.4 cm³/mol. The van der Waals surface area contributed by atoms with Crippen LogP contribution in [0.3, 0.4) is 0 Å². The van der Waals surface area contributed by atoms with E-state index in [1.54, 1.807) is 0 Å². The molecular formula is C13H21. The summed E-state index contributed by atoms with van der Waals surface area (Å²) in [4.78, 5) is 0. The molecule has 0 aliphatic heterocycles. The number of hydrogen-bond donors (Lipinski definition) is 0. The molecule has 0 nitrogen and oxygen atoms in total. The molecule has 1 rings (SSSR count). The molecule has 73 valence electrons. The average molecular weight is 177 g/mol. The topological polar surface area (TPSA) is 0 Å². The Morgan fingerprint density at radius 3 is 2.15 bits per heavy atom. The molecule has 0 heteroatoms. The zero-order chi connectivity index (χ0) is 9.84. The third kappa shape index (κ3) is 2.46. The molecule has 0 bridgehead atoms. The van der Waals surface area contributed by atoms with Crippen molar-refractivity contribution in [1.29, 1.82) is 0 Å². The summed E-state index contributed by atoms with van der Waals surface area (Å²) in [5.74, 6) is 2.95. The van der Waals surface area contributed by atoms with E-state index >= 15 is 0 Å². The Balaban J connectivity index is 2.59. The monoisotopic (exact) mass is 177 g/mol. The summed E-state index contributed by atoms with van der Waals surface area (Å²) in [6, 6.07) is 0. The molecule has 0 heterocycles. The molecule has 2 unspecified atom stereocenters. The van der Waals surface area contributed by atoms with Gasteiger partial charge in [-0.25, -0.2) is 0 Å². The van der Waals surface area contributed by atoms with Crippen LogP contribution in [-0.2, 0) is 0 Å². The molecule has 2 atom stereocenters. The van der Waals surface area contributed by atoms with Gasteiger partial charge in [0.25, 0.3) is 0 Å². The lowest BCUT2D eigenvalue weighted by molar-refractivity contribution is 0.623. The van der Waals surface area contributed by atoms with Crippen LogP contribution in [0.25, 0.3) is 0 Å². The van der Waals surface area contributed by atoms with E-state index in [1.165, 1.54) is 24.3 Å².